The van der Waals surface area contributed by atoms with E-state index < -0.39 is 0 Å². The van der Waals surface area contributed by atoms with Crippen molar-refractivity contribution in [3.8, 4) is 0 Å². The molecule has 1 aliphatic carbocycles. The predicted octanol–water partition coefficient (Wildman–Crippen LogP) is 2.72. The molecule has 0 saturated heterocycles. The summed E-state index contributed by atoms with van der Waals surface area (Å²) in [5.74, 6) is 1.37. The fourth-order valence-corrected chi connectivity index (χ4v) is 2.83. The molecule has 6 heteroatoms. The van der Waals surface area contributed by atoms with Crippen molar-refractivity contribution in [2.24, 2.45) is 0 Å². The van der Waals surface area contributed by atoms with Gasteiger partial charge in [-0.25, -0.2) is 4.39 Å². The van der Waals surface area contributed by atoms with Gasteiger partial charge < -0.3 is 5.32 Å². The summed E-state index contributed by atoms with van der Waals surface area (Å²) in [5, 5.41) is 15.8. The molecule has 1 fully saturated rings. The van der Waals surface area contributed by atoms with Gasteiger partial charge in [-0.05, 0) is 43.5 Å². The second-order valence-corrected chi connectivity index (χ2v) is 5.85. The van der Waals surface area contributed by atoms with Gasteiger partial charge in [-0.15, -0.1) is 15.3 Å². The molecule has 0 atom stereocenters. The molecule has 5 nitrogen and oxygen atoms in total. The van der Waals surface area contributed by atoms with Gasteiger partial charge in [-0.1, -0.05) is 18.2 Å². The molecule has 0 bridgehead atoms. The molecule has 0 spiro atoms. The minimum atomic E-state index is -0.125. The Morgan fingerprint density at radius 2 is 2.00 bits per heavy atom. The van der Waals surface area contributed by atoms with Crippen LogP contribution in [0, 0.1) is 12.7 Å². The van der Waals surface area contributed by atoms with Crippen LogP contribution in [-0.2, 0) is 5.41 Å². The van der Waals surface area contributed by atoms with Gasteiger partial charge in [0.05, 0.1) is 0 Å². The molecule has 1 saturated carbocycles. The van der Waals surface area contributed by atoms with Crippen LogP contribution in [0.4, 0.5) is 10.2 Å². The maximum absolute atomic E-state index is 14.0. The van der Waals surface area contributed by atoms with Crippen LogP contribution in [0.3, 0.4) is 0 Å². The summed E-state index contributed by atoms with van der Waals surface area (Å²) in [4.78, 5) is 0. The van der Waals surface area contributed by atoms with Crippen LogP contribution in [0.2, 0.25) is 0 Å². The normalized spacial score (nSPS) is 15.9. The average molecular weight is 297 g/mol. The minimum absolute atomic E-state index is 0.107. The molecule has 0 radical (unpaired) electrons. The molecule has 3 aromatic rings. The minimum Gasteiger partial charge on any atom is -0.368 e. The molecule has 1 aliphatic rings. The molecule has 2 aromatic heterocycles. The number of nitrogens with one attached hydrogen (secondary N) is 1. The summed E-state index contributed by atoms with van der Waals surface area (Å²) in [5.41, 5.74) is 1.41. The van der Waals surface area contributed by atoms with Gasteiger partial charge in [0.15, 0.2) is 11.5 Å². The van der Waals surface area contributed by atoms with Crippen LogP contribution in [0.15, 0.2) is 36.4 Å². The first kappa shape index (κ1) is 13.2. The molecule has 0 amide bonds. The zero-order valence-electron chi connectivity index (χ0n) is 12.3. The van der Waals surface area contributed by atoms with Crippen molar-refractivity contribution in [2.75, 3.05) is 11.9 Å². The van der Waals surface area contributed by atoms with E-state index in [1.54, 1.807) is 10.6 Å². The van der Waals surface area contributed by atoms with Gasteiger partial charge >= 0.3 is 0 Å². The maximum Gasteiger partial charge on any atom is 0.178 e. The highest BCUT2D eigenvalue weighted by atomic mass is 19.1. The Balaban J connectivity index is 1.56. The zero-order valence-corrected chi connectivity index (χ0v) is 12.3. The SMILES string of the molecule is Cc1nnc2ccc(NCC3(c4ccccc4F)CC3)nn12. The first-order valence-corrected chi connectivity index (χ1v) is 7.36. The molecular formula is C16H16FN5. The number of nitrogens with zero attached hydrogens (tertiary/aromatic N) is 4. The summed E-state index contributed by atoms with van der Waals surface area (Å²) in [6.07, 6.45) is 1.99. The quantitative estimate of drug-likeness (QED) is 0.804. The fourth-order valence-electron chi connectivity index (χ4n) is 2.83. The third-order valence-corrected chi connectivity index (χ3v) is 4.33. The monoisotopic (exact) mass is 297 g/mol. The van der Waals surface area contributed by atoms with Crippen LogP contribution >= 0.6 is 0 Å². The van der Waals surface area contributed by atoms with E-state index >= 15 is 0 Å². The Kier molecular flexibility index (Phi) is 2.85. The Morgan fingerprint density at radius 3 is 2.77 bits per heavy atom. The van der Waals surface area contributed by atoms with E-state index in [-0.39, 0.29) is 11.2 Å². The van der Waals surface area contributed by atoms with E-state index in [0.29, 0.717) is 6.54 Å². The van der Waals surface area contributed by atoms with Crippen molar-refractivity contribution >= 4 is 11.5 Å². The topological polar surface area (TPSA) is 55.1 Å². The van der Waals surface area contributed by atoms with E-state index in [9.17, 15) is 4.39 Å². The first-order chi connectivity index (χ1) is 10.7. The second kappa shape index (κ2) is 4.76. The molecule has 4 rings (SSSR count). The molecule has 22 heavy (non-hydrogen) atoms. The molecular weight excluding hydrogens is 281 g/mol. The standard InChI is InChI=1S/C16H16FN5/c1-11-19-20-15-7-6-14(21-22(11)15)18-10-16(8-9-16)12-4-2-3-5-13(12)17/h2-7H,8-10H2,1H3,(H,18,21). The van der Waals surface area contributed by atoms with E-state index in [1.165, 1.54) is 6.07 Å². The molecule has 0 aliphatic heterocycles. The highest BCUT2D eigenvalue weighted by molar-refractivity contribution is 5.45. The highest BCUT2D eigenvalue weighted by Gasteiger charge is 2.45. The van der Waals surface area contributed by atoms with E-state index in [2.05, 4.69) is 20.6 Å². The van der Waals surface area contributed by atoms with Crippen LogP contribution in [0.5, 0.6) is 0 Å². The van der Waals surface area contributed by atoms with E-state index in [0.717, 1.165) is 35.7 Å². The summed E-state index contributed by atoms with van der Waals surface area (Å²) in [7, 11) is 0. The Labute approximate surface area is 127 Å². The lowest BCUT2D eigenvalue weighted by atomic mass is 9.95. The fraction of sp³-hybridized carbons (Fsp3) is 0.312. The van der Waals surface area contributed by atoms with E-state index in [1.807, 2.05) is 31.2 Å². The van der Waals surface area contributed by atoms with Crippen molar-refractivity contribution < 1.29 is 4.39 Å². The summed E-state index contributed by atoms with van der Waals surface area (Å²) >= 11 is 0. The number of fused-ring (bicyclic) bond motifs is 1. The number of halogens is 1. The van der Waals surface area contributed by atoms with Crippen molar-refractivity contribution in [3.05, 3.63) is 53.6 Å². The van der Waals surface area contributed by atoms with Crippen molar-refractivity contribution in [3.63, 3.8) is 0 Å². The smallest absolute Gasteiger partial charge is 0.178 e. The summed E-state index contributed by atoms with van der Waals surface area (Å²) in [6, 6.07) is 10.8. The lowest BCUT2D eigenvalue weighted by molar-refractivity contribution is 0.578. The number of rotatable bonds is 4. The maximum atomic E-state index is 14.0. The highest BCUT2D eigenvalue weighted by Crippen LogP contribution is 2.48. The number of anilines is 1. The summed E-state index contributed by atoms with van der Waals surface area (Å²) in [6.45, 7) is 2.53. The van der Waals surface area contributed by atoms with Gasteiger partial charge in [-0.2, -0.15) is 4.52 Å². The summed E-state index contributed by atoms with van der Waals surface area (Å²) < 4.78 is 15.7. The van der Waals surface area contributed by atoms with Crippen LogP contribution in [-0.4, -0.2) is 26.4 Å². The molecule has 2 heterocycles. The molecule has 1 N–H and O–H groups in total. The van der Waals surface area contributed by atoms with Crippen LogP contribution in [0.25, 0.3) is 5.65 Å². The molecule has 0 unspecified atom stereocenters. The Morgan fingerprint density at radius 1 is 1.18 bits per heavy atom. The van der Waals surface area contributed by atoms with Gasteiger partial charge in [0.1, 0.15) is 11.6 Å². The van der Waals surface area contributed by atoms with Crippen molar-refractivity contribution in [1.82, 2.24) is 19.8 Å². The Bertz CT molecular complexity index is 837. The zero-order chi connectivity index (χ0) is 15.2. The Hall–Kier alpha value is -2.50. The lowest BCUT2D eigenvalue weighted by Gasteiger charge is -2.17. The number of aromatic nitrogens is 4. The number of aryl methyl sites for hydroxylation is 1. The van der Waals surface area contributed by atoms with Crippen molar-refractivity contribution in [2.45, 2.75) is 25.2 Å². The van der Waals surface area contributed by atoms with Gasteiger partial charge in [0.2, 0.25) is 0 Å². The second-order valence-electron chi connectivity index (χ2n) is 5.85. The van der Waals surface area contributed by atoms with Gasteiger partial charge in [-0.3, -0.25) is 0 Å². The predicted molar refractivity (Wildman–Crippen MR) is 81.3 cm³/mol. The van der Waals surface area contributed by atoms with Gasteiger partial charge in [0.25, 0.3) is 0 Å². The number of hydrogen-bond acceptors (Lipinski definition) is 4. The number of benzene rings is 1. The molecule has 112 valence electrons. The average Bonchev–Trinajstić information content (AvgIpc) is 3.24. The van der Waals surface area contributed by atoms with Gasteiger partial charge in [0, 0.05) is 12.0 Å². The lowest BCUT2D eigenvalue weighted by Crippen LogP contribution is -2.21. The van der Waals surface area contributed by atoms with Crippen LogP contribution in [0.1, 0.15) is 24.2 Å². The molecule has 1 aromatic carbocycles. The van der Waals surface area contributed by atoms with E-state index in [4.69, 9.17) is 0 Å². The van der Waals surface area contributed by atoms with Crippen LogP contribution < -0.4 is 5.32 Å². The first-order valence-electron chi connectivity index (χ1n) is 7.36. The third kappa shape index (κ3) is 2.11. The third-order valence-electron chi connectivity index (χ3n) is 4.33. The number of hydrogen-bond donors (Lipinski definition) is 1. The van der Waals surface area contributed by atoms with Crippen molar-refractivity contribution in [1.29, 1.82) is 0 Å². The largest absolute Gasteiger partial charge is 0.368 e.